The average Bonchev–Trinajstić information content (AvgIpc) is 2.49. The molecular weight excluding hydrogens is 246 g/mol. The molecule has 0 aromatic heterocycles. The van der Waals surface area contributed by atoms with E-state index in [0.29, 0.717) is 5.92 Å². The van der Waals surface area contributed by atoms with Gasteiger partial charge in [0.25, 0.3) is 0 Å². The fourth-order valence-electron chi connectivity index (χ4n) is 2.62. The van der Waals surface area contributed by atoms with Crippen molar-refractivity contribution in [3.8, 4) is 5.75 Å². The first kappa shape index (κ1) is 14.6. The minimum absolute atomic E-state index is 0.424. The average molecular weight is 269 g/mol. The highest BCUT2D eigenvalue weighted by atomic mass is 16.5. The number of hydrogen-bond donors (Lipinski definition) is 1. The number of methoxy groups -OCH3 is 1. The second-order valence-electron chi connectivity index (χ2n) is 5.08. The number of hydrogen-bond acceptors (Lipinski definition) is 2. The smallest absolute Gasteiger partial charge is 0.121 e. The van der Waals surface area contributed by atoms with Crippen LogP contribution in [0.15, 0.2) is 48.5 Å². The molecule has 0 amide bonds. The molecule has 0 fully saturated rings. The lowest BCUT2D eigenvalue weighted by Crippen LogP contribution is -2.13. The highest BCUT2D eigenvalue weighted by Gasteiger charge is 2.14. The zero-order valence-electron chi connectivity index (χ0n) is 12.5. The van der Waals surface area contributed by atoms with Crippen molar-refractivity contribution in [2.24, 2.45) is 0 Å². The van der Waals surface area contributed by atoms with E-state index in [1.54, 1.807) is 7.11 Å². The van der Waals surface area contributed by atoms with Crippen molar-refractivity contribution in [2.45, 2.75) is 19.3 Å². The van der Waals surface area contributed by atoms with Crippen LogP contribution in [-0.4, -0.2) is 20.7 Å². The van der Waals surface area contributed by atoms with Gasteiger partial charge in [0.15, 0.2) is 0 Å². The Morgan fingerprint density at radius 2 is 1.80 bits per heavy atom. The first-order valence-corrected chi connectivity index (χ1v) is 7.10. The molecule has 0 saturated heterocycles. The first-order valence-electron chi connectivity index (χ1n) is 7.10. The lowest BCUT2D eigenvalue weighted by molar-refractivity contribution is 0.411. The molecule has 20 heavy (non-hydrogen) atoms. The lowest BCUT2D eigenvalue weighted by atomic mass is 9.87. The van der Waals surface area contributed by atoms with Crippen molar-refractivity contribution in [1.29, 1.82) is 0 Å². The fraction of sp³-hybridized carbons (Fsp3) is 0.333. The molecule has 0 aliphatic heterocycles. The van der Waals surface area contributed by atoms with E-state index in [4.69, 9.17) is 4.74 Å². The van der Waals surface area contributed by atoms with Crippen LogP contribution in [0.1, 0.15) is 29.0 Å². The normalized spacial score (nSPS) is 12.2. The molecule has 0 saturated carbocycles. The maximum atomic E-state index is 5.35. The van der Waals surface area contributed by atoms with E-state index in [1.807, 2.05) is 7.05 Å². The summed E-state index contributed by atoms with van der Waals surface area (Å²) in [5.41, 5.74) is 3.91. The van der Waals surface area contributed by atoms with Gasteiger partial charge in [-0.3, -0.25) is 0 Å². The van der Waals surface area contributed by atoms with Gasteiger partial charge in [-0.25, -0.2) is 0 Å². The SMILES string of the molecule is CNCCC(c1ccccc1)c1ccc(OC)c(C)c1. The third-order valence-electron chi connectivity index (χ3n) is 3.71. The zero-order chi connectivity index (χ0) is 14.4. The van der Waals surface area contributed by atoms with Gasteiger partial charge in [-0.1, -0.05) is 42.5 Å². The van der Waals surface area contributed by atoms with Gasteiger partial charge in [-0.05, 0) is 49.7 Å². The molecule has 0 bridgehead atoms. The second kappa shape index (κ2) is 7.11. The molecular formula is C18H23NO. The van der Waals surface area contributed by atoms with E-state index in [2.05, 4.69) is 60.8 Å². The summed E-state index contributed by atoms with van der Waals surface area (Å²) in [7, 11) is 3.72. The Labute approximate surface area is 121 Å². The van der Waals surface area contributed by atoms with Crippen LogP contribution in [0.4, 0.5) is 0 Å². The topological polar surface area (TPSA) is 21.3 Å². The third kappa shape index (κ3) is 3.40. The van der Waals surface area contributed by atoms with Gasteiger partial charge in [0.05, 0.1) is 7.11 Å². The Bertz CT molecular complexity index is 536. The van der Waals surface area contributed by atoms with Crippen LogP contribution < -0.4 is 10.1 Å². The van der Waals surface area contributed by atoms with Crippen molar-refractivity contribution in [3.05, 3.63) is 65.2 Å². The molecule has 2 nitrogen and oxygen atoms in total. The molecule has 0 aliphatic carbocycles. The Hall–Kier alpha value is -1.80. The largest absolute Gasteiger partial charge is 0.496 e. The summed E-state index contributed by atoms with van der Waals surface area (Å²) in [6.07, 6.45) is 1.09. The van der Waals surface area contributed by atoms with Crippen molar-refractivity contribution in [3.63, 3.8) is 0 Å². The minimum Gasteiger partial charge on any atom is -0.496 e. The van der Waals surface area contributed by atoms with Crippen LogP contribution in [-0.2, 0) is 0 Å². The van der Waals surface area contributed by atoms with Crippen LogP contribution in [0, 0.1) is 6.92 Å². The molecule has 2 heteroatoms. The number of ether oxygens (including phenoxy) is 1. The van der Waals surface area contributed by atoms with Crippen LogP contribution in [0.5, 0.6) is 5.75 Å². The maximum absolute atomic E-state index is 5.35. The minimum atomic E-state index is 0.424. The van der Waals surface area contributed by atoms with Gasteiger partial charge >= 0.3 is 0 Å². The zero-order valence-corrected chi connectivity index (χ0v) is 12.5. The molecule has 2 aromatic rings. The number of aryl methyl sites for hydroxylation is 1. The highest BCUT2D eigenvalue weighted by Crippen LogP contribution is 2.30. The molecule has 0 spiro atoms. The van der Waals surface area contributed by atoms with E-state index < -0.39 is 0 Å². The maximum Gasteiger partial charge on any atom is 0.121 e. The summed E-state index contributed by atoms with van der Waals surface area (Å²) in [6, 6.07) is 17.2. The van der Waals surface area contributed by atoms with E-state index in [-0.39, 0.29) is 0 Å². The van der Waals surface area contributed by atoms with Gasteiger partial charge in [0, 0.05) is 5.92 Å². The van der Waals surface area contributed by atoms with E-state index in [0.717, 1.165) is 18.7 Å². The standard InChI is InChI=1S/C18H23NO/c1-14-13-16(9-10-18(14)20-3)17(11-12-19-2)15-7-5-4-6-8-15/h4-10,13,17,19H,11-12H2,1-3H3. The van der Waals surface area contributed by atoms with E-state index in [1.165, 1.54) is 16.7 Å². The molecule has 1 unspecified atom stereocenters. The third-order valence-corrected chi connectivity index (χ3v) is 3.71. The molecule has 2 rings (SSSR count). The summed E-state index contributed by atoms with van der Waals surface area (Å²) in [4.78, 5) is 0. The summed E-state index contributed by atoms with van der Waals surface area (Å²) in [5, 5.41) is 3.25. The molecule has 0 aliphatic rings. The van der Waals surface area contributed by atoms with Crippen LogP contribution in [0.2, 0.25) is 0 Å². The Morgan fingerprint density at radius 1 is 1.05 bits per heavy atom. The van der Waals surface area contributed by atoms with Gasteiger partial charge in [-0.15, -0.1) is 0 Å². The fourth-order valence-corrected chi connectivity index (χ4v) is 2.62. The number of nitrogens with one attached hydrogen (secondary N) is 1. The molecule has 106 valence electrons. The predicted molar refractivity (Wildman–Crippen MR) is 84.6 cm³/mol. The van der Waals surface area contributed by atoms with Crippen molar-refractivity contribution >= 4 is 0 Å². The van der Waals surface area contributed by atoms with Gasteiger partial charge < -0.3 is 10.1 Å². The predicted octanol–water partition coefficient (Wildman–Crippen LogP) is 3.75. The number of benzene rings is 2. The molecule has 2 aromatic carbocycles. The summed E-state index contributed by atoms with van der Waals surface area (Å²) in [6.45, 7) is 3.10. The summed E-state index contributed by atoms with van der Waals surface area (Å²) < 4.78 is 5.35. The first-order chi connectivity index (χ1) is 9.76. The Morgan fingerprint density at radius 3 is 2.40 bits per heavy atom. The van der Waals surface area contributed by atoms with Crippen molar-refractivity contribution in [1.82, 2.24) is 5.32 Å². The molecule has 1 N–H and O–H groups in total. The van der Waals surface area contributed by atoms with Gasteiger partial charge in [0.2, 0.25) is 0 Å². The Kier molecular flexibility index (Phi) is 5.19. The van der Waals surface area contributed by atoms with Crippen LogP contribution >= 0.6 is 0 Å². The highest BCUT2D eigenvalue weighted by molar-refractivity contribution is 5.41. The van der Waals surface area contributed by atoms with E-state index in [9.17, 15) is 0 Å². The van der Waals surface area contributed by atoms with Crippen molar-refractivity contribution in [2.75, 3.05) is 20.7 Å². The Balaban J connectivity index is 2.33. The lowest BCUT2D eigenvalue weighted by Gasteiger charge is -2.19. The molecule has 0 radical (unpaired) electrons. The molecule has 0 heterocycles. The second-order valence-corrected chi connectivity index (χ2v) is 5.08. The van der Waals surface area contributed by atoms with Gasteiger partial charge in [0.1, 0.15) is 5.75 Å². The monoisotopic (exact) mass is 269 g/mol. The van der Waals surface area contributed by atoms with E-state index >= 15 is 0 Å². The van der Waals surface area contributed by atoms with Crippen molar-refractivity contribution < 1.29 is 4.74 Å². The summed E-state index contributed by atoms with van der Waals surface area (Å²) >= 11 is 0. The molecule has 1 atom stereocenters. The van der Waals surface area contributed by atoms with Crippen LogP contribution in [0.3, 0.4) is 0 Å². The summed E-state index contributed by atoms with van der Waals surface area (Å²) in [5.74, 6) is 1.38. The quantitative estimate of drug-likeness (QED) is 0.862. The van der Waals surface area contributed by atoms with Gasteiger partial charge in [-0.2, -0.15) is 0 Å². The number of rotatable bonds is 6. The van der Waals surface area contributed by atoms with Crippen LogP contribution in [0.25, 0.3) is 0 Å².